The van der Waals surface area contributed by atoms with E-state index in [0.29, 0.717) is 5.92 Å². The molecule has 0 bridgehead atoms. The standard InChI is InChI=1S/C11H15N/c1-7-4-5-8(2)11-10(7)9(3)6-12-11/h4-5,9,12H,6H2,1-3H3. The van der Waals surface area contributed by atoms with Crippen molar-refractivity contribution in [1.29, 1.82) is 0 Å². The maximum Gasteiger partial charge on any atom is 0.0408 e. The van der Waals surface area contributed by atoms with Crippen LogP contribution in [0.1, 0.15) is 29.5 Å². The van der Waals surface area contributed by atoms with Crippen LogP contribution in [0, 0.1) is 13.8 Å². The van der Waals surface area contributed by atoms with Gasteiger partial charge in [0.2, 0.25) is 0 Å². The predicted octanol–water partition coefficient (Wildman–Crippen LogP) is 2.83. The van der Waals surface area contributed by atoms with Crippen LogP contribution in [0.3, 0.4) is 0 Å². The van der Waals surface area contributed by atoms with E-state index >= 15 is 0 Å². The highest BCUT2D eigenvalue weighted by molar-refractivity contribution is 5.64. The molecular formula is C11H15N. The van der Waals surface area contributed by atoms with E-state index in [0.717, 1.165) is 6.54 Å². The van der Waals surface area contributed by atoms with Crippen LogP contribution in [-0.2, 0) is 0 Å². The fraction of sp³-hybridized carbons (Fsp3) is 0.455. The van der Waals surface area contributed by atoms with Gasteiger partial charge in [-0.05, 0) is 30.5 Å². The number of hydrogen-bond acceptors (Lipinski definition) is 1. The summed E-state index contributed by atoms with van der Waals surface area (Å²) in [6.07, 6.45) is 0. The molecule has 1 aliphatic rings. The number of benzene rings is 1. The summed E-state index contributed by atoms with van der Waals surface area (Å²) in [6, 6.07) is 4.41. The average molecular weight is 161 g/mol. The van der Waals surface area contributed by atoms with Gasteiger partial charge >= 0.3 is 0 Å². The molecule has 12 heavy (non-hydrogen) atoms. The van der Waals surface area contributed by atoms with E-state index in [-0.39, 0.29) is 0 Å². The molecule has 0 spiro atoms. The molecule has 1 atom stereocenters. The summed E-state index contributed by atoms with van der Waals surface area (Å²) in [5.74, 6) is 0.680. The SMILES string of the molecule is Cc1ccc(C)c2c1NCC2C. The van der Waals surface area contributed by atoms with Crippen LogP contribution < -0.4 is 5.32 Å². The van der Waals surface area contributed by atoms with Crippen molar-refractivity contribution < 1.29 is 0 Å². The molecule has 0 amide bonds. The van der Waals surface area contributed by atoms with Gasteiger partial charge in [0.25, 0.3) is 0 Å². The third kappa shape index (κ3) is 0.927. The molecule has 0 aromatic heterocycles. The number of fused-ring (bicyclic) bond motifs is 1. The fourth-order valence-electron chi connectivity index (χ4n) is 2.06. The van der Waals surface area contributed by atoms with Crippen LogP contribution in [0.2, 0.25) is 0 Å². The van der Waals surface area contributed by atoms with Gasteiger partial charge in [0, 0.05) is 18.2 Å². The summed E-state index contributed by atoms with van der Waals surface area (Å²) in [5.41, 5.74) is 5.70. The van der Waals surface area contributed by atoms with E-state index in [1.807, 2.05) is 0 Å². The number of rotatable bonds is 0. The molecule has 1 aromatic rings. The first-order valence-electron chi connectivity index (χ1n) is 4.54. The number of nitrogens with one attached hydrogen (secondary N) is 1. The van der Waals surface area contributed by atoms with Gasteiger partial charge in [-0.1, -0.05) is 19.1 Å². The molecule has 0 radical (unpaired) electrons. The van der Waals surface area contributed by atoms with Crippen molar-refractivity contribution in [2.45, 2.75) is 26.7 Å². The van der Waals surface area contributed by atoms with E-state index in [1.54, 1.807) is 0 Å². The minimum absolute atomic E-state index is 0.680. The van der Waals surface area contributed by atoms with E-state index in [1.165, 1.54) is 22.4 Å². The second-order valence-electron chi connectivity index (χ2n) is 3.77. The second kappa shape index (κ2) is 2.51. The Balaban J connectivity index is 2.64. The van der Waals surface area contributed by atoms with Crippen molar-refractivity contribution >= 4 is 5.69 Å². The molecule has 64 valence electrons. The molecule has 2 rings (SSSR count). The number of anilines is 1. The lowest BCUT2D eigenvalue weighted by Gasteiger charge is -2.08. The molecule has 1 heterocycles. The maximum atomic E-state index is 3.46. The smallest absolute Gasteiger partial charge is 0.0408 e. The van der Waals surface area contributed by atoms with E-state index in [9.17, 15) is 0 Å². The summed E-state index contributed by atoms with van der Waals surface area (Å²) in [5, 5.41) is 3.46. The Labute approximate surface area is 73.8 Å². The number of hydrogen-bond donors (Lipinski definition) is 1. The maximum absolute atomic E-state index is 3.46. The van der Waals surface area contributed by atoms with Gasteiger partial charge in [-0.2, -0.15) is 0 Å². The van der Waals surface area contributed by atoms with Crippen molar-refractivity contribution in [1.82, 2.24) is 0 Å². The van der Waals surface area contributed by atoms with Crippen molar-refractivity contribution in [2.75, 3.05) is 11.9 Å². The first-order valence-corrected chi connectivity index (χ1v) is 4.54. The van der Waals surface area contributed by atoms with E-state index in [4.69, 9.17) is 0 Å². The summed E-state index contributed by atoms with van der Waals surface area (Å²) in [6.45, 7) is 7.75. The van der Waals surface area contributed by atoms with Crippen LogP contribution >= 0.6 is 0 Å². The summed E-state index contributed by atoms with van der Waals surface area (Å²) in [4.78, 5) is 0. The van der Waals surface area contributed by atoms with Crippen LogP contribution in [0.15, 0.2) is 12.1 Å². The Bertz CT molecular complexity index is 315. The molecule has 0 saturated carbocycles. The van der Waals surface area contributed by atoms with Crippen LogP contribution in [0.5, 0.6) is 0 Å². The topological polar surface area (TPSA) is 12.0 Å². The Morgan fingerprint density at radius 1 is 1.25 bits per heavy atom. The predicted molar refractivity (Wildman–Crippen MR) is 52.8 cm³/mol. The van der Waals surface area contributed by atoms with Crippen LogP contribution in [0.25, 0.3) is 0 Å². The summed E-state index contributed by atoms with van der Waals surface area (Å²) >= 11 is 0. The monoisotopic (exact) mass is 161 g/mol. The van der Waals surface area contributed by atoms with E-state index in [2.05, 4.69) is 38.2 Å². The highest BCUT2D eigenvalue weighted by atomic mass is 14.9. The van der Waals surface area contributed by atoms with E-state index < -0.39 is 0 Å². The van der Waals surface area contributed by atoms with Gasteiger partial charge in [0.05, 0.1) is 0 Å². The third-order valence-electron chi connectivity index (χ3n) is 2.75. The zero-order valence-corrected chi connectivity index (χ0v) is 7.94. The van der Waals surface area contributed by atoms with Gasteiger partial charge in [-0.15, -0.1) is 0 Å². The number of aryl methyl sites for hydroxylation is 2. The van der Waals surface area contributed by atoms with Crippen molar-refractivity contribution in [2.24, 2.45) is 0 Å². The minimum atomic E-state index is 0.680. The zero-order chi connectivity index (χ0) is 8.72. The normalized spacial score (nSPS) is 20.4. The van der Waals surface area contributed by atoms with Gasteiger partial charge in [0.15, 0.2) is 0 Å². The first-order chi connectivity index (χ1) is 5.70. The quantitative estimate of drug-likeness (QED) is 0.617. The largest absolute Gasteiger partial charge is 0.384 e. The zero-order valence-electron chi connectivity index (χ0n) is 7.94. The van der Waals surface area contributed by atoms with Crippen molar-refractivity contribution in [3.63, 3.8) is 0 Å². The lowest BCUT2D eigenvalue weighted by atomic mass is 9.96. The van der Waals surface area contributed by atoms with Crippen molar-refractivity contribution in [3.8, 4) is 0 Å². The summed E-state index contributed by atoms with van der Waals surface area (Å²) < 4.78 is 0. The molecule has 1 aliphatic heterocycles. The highest BCUT2D eigenvalue weighted by Crippen LogP contribution is 2.35. The minimum Gasteiger partial charge on any atom is -0.384 e. The van der Waals surface area contributed by atoms with Gasteiger partial charge in [-0.25, -0.2) is 0 Å². The summed E-state index contributed by atoms with van der Waals surface area (Å²) in [7, 11) is 0. The molecule has 0 saturated heterocycles. The van der Waals surface area contributed by atoms with Gasteiger partial charge < -0.3 is 5.32 Å². The lowest BCUT2D eigenvalue weighted by Crippen LogP contribution is -1.96. The second-order valence-corrected chi connectivity index (χ2v) is 3.77. The Morgan fingerprint density at radius 3 is 2.58 bits per heavy atom. The van der Waals surface area contributed by atoms with Crippen LogP contribution in [-0.4, -0.2) is 6.54 Å². The molecule has 0 fully saturated rings. The highest BCUT2D eigenvalue weighted by Gasteiger charge is 2.20. The lowest BCUT2D eigenvalue weighted by molar-refractivity contribution is 0.847. The molecule has 1 unspecified atom stereocenters. The van der Waals surface area contributed by atoms with Crippen LogP contribution in [0.4, 0.5) is 5.69 Å². The van der Waals surface area contributed by atoms with Gasteiger partial charge in [0.1, 0.15) is 0 Å². The molecule has 1 N–H and O–H groups in total. The Hall–Kier alpha value is -0.980. The molecule has 0 aliphatic carbocycles. The molecule has 1 nitrogen and oxygen atoms in total. The fourth-order valence-corrected chi connectivity index (χ4v) is 2.06. The van der Waals surface area contributed by atoms with Gasteiger partial charge in [-0.3, -0.25) is 0 Å². The molecular weight excluding hydrogens is 146 g/mol. The van der Waals surface area contributed by atoms with Crippen molar-refractivity contribution in [3.05, 3.63) is 28.8 Å². The Morgan fingerprint density at radius 2 is 1.92 bits per heavy atom. The third-order valence-corrected chi connectivity index (χ3v) is 2.75. The molecule has 1 aromatic carbocycles. The molecule has 1 heteroatoms. The first kappa shape index (κ1) is 7.66. The Kier molecular flexibility index (Phi) is 1.60. The average Bonchev–Trinajstić information content (AvgIpc) is 2.42.